The number of ether oxygens (including phenoxy) is 1. The van der Waals surface area contributed by atoms with E-state index in [0.717, 1.165) is 31.6 Å². The molecule has 10 heteroatoms. The van der Waals surface area contributed by atoms with Gasteiger partial charge in [0.1, 0.15) is 0 Å². The molecular formula is C22H32Li2N4O4-4. The third kappa shape index (κ3) is 17.3. The summed E-state index contributed by atoms with van der Waals surface area (Å²) in [5.41, 5.74) is 0.816. The summed E-state index contributed by atoms with van der Waals surface area (Å²) in [7, 11) is 0. The van der Waals surface area contributed by atoms with Crippen molar-refractivity contribution in [2.45, 2.75) is 46.1 Å². The second kappa shape index (κ2) is 20.3. The van der Waals surface area contributed by atoms with Crippen molar-refractivity contribution in [2.24, 2.45) is 0 Å². The van der Waals surface area contributed by atoms with Crippen LogP contribution in [0, 0.1) is 26.7 Å². The minimum atomic E-state index is -0.373. The molecule has 170 valence electrons. The van der Waals surface area contributed by atoms with Crippen molar-refractivity contribution in [3.05, 3.63) is 44.6 Å². The summed E-state index contributed by atoms with van der Waals surface area (Å²) >= 11 is 0. The number of aromatic nitrogens is 2. The molecule has 2 heterocycles. The number of amides is 1. The predicted octanol–water partition coefficient (Wildman–Crippen LogP) is -3.68. The Bertz CT molecular complexity index is 631. The minimum absolute atomic E-state index is 0. The Labute approximate surface area is 217 Å². The molecule has 1 saturated heterocycles. The number of anilines is 1. The zero-order chi connectivity index (χ0) is 23.0. The molecule has 1 amide bonds. The first kappa shape index (κ1) is 35.3. The van der Waals surface area contributed by atoms with Crippen LogP contribution in [0.2, 0.25) is 0 Å². The van der Waals surface area contributed by atoms with Gasteiger partial charge in [-0.25, -0.2) is 12.8 Å². The third-order valence-corrected chi connectivity index (χ3v) is 3.72. The molecule has 1 aromatic heterocycles. The van der Waals surface area contributed by atoms with E-state index in [4.69, 9.17) is 0 Å². The topological polar surface area (TPSA) is 92.7 Å². The second-order valence-electron chi connectivity index (χ2n) is 7.26. The molecule has 0 unspecified atom stereocenters. The van der Waals surface area contributed by atoms with E-state index < -0.39 is 0 Å². The molecule has 0 aromatic carbocycles. The summed E-state index contributed by atoms with van der Waals surface area (Å²) in [4.78, 5) is 34.1. The van der Waals surface area contributed by atoms with Crippen LogP contribution < -0.4 is 42.6 Å². The molecule has 1 aliphatic rings. The van der Waals surface area contributed by atoms with Gasteiger partial charge in [0.05, 0.1) is 11.8 Å². The molecule has 1 aromatic rings. The fourth-order valence-corrected chi connectivity index (χ4v) is 2.15. The van der Waals surface area contributed by atoms with E-state index in [1.807, 2.05) is 0 Å². The van der Waals surface area contributed by atoms with E-state index in [0.29, 0.717) is 13.1 Å². The Balaban J connectivity index is -0.000000427. The molecule has 0 radical (unpaired) electrons. The minimum Gasteiger partial charge on any atom is -0.649 e. The van der Waals surface area contributed by atoms with Crippen LogP contribution in [0.25, 0.3) is 0 Å². The van der Waals surface area contributed by atoms with E-state index in [1.54, 1.807) is 44.2 Å². The fourth-order valence-electron chi connectivity index (χ4n) is 2.15. The van der Waals surface area contributed by atoms with Gasteiger partial charge < -0.3 is 50.8 Å². The largest absolute Gasteiger partial charge is 1.00 e. The number of carbonyl (C=O) groups excluding carboxylic acids is 3. The average Bonchev–Trinajstić information content (AvgIpc) is 2.98. The van der Waals surface area contributed by atoms with Crippen molar-refractivity contribution in [1.29, 1.82) is 0 Å². The molecule has 32 heavy (non-hydrogen) atoms. The van der Waals surface area contributed by atoms with Gasteiger partial charge in [0, 0.05) is 13.2 Å². The molecule has 1 fully saturated rings. The van der Waals surface area contributed by atoms with Crippen LogP contribution in [0.3, 0.4) is 0 Å². The molecule has 0 bridgehead atoms. The Kier molecular flexibility index (Phi) is 22.4. The van der Waals surface area contributed by atoms with Gasteiger partial charge >= 0.3 is 37.7 Å². The van der Waals surface area contributed by atoms with Gasteiger partial charge in [-0.1, -0.05) is 6.47 Å². The molecule has 0 atom stereocenters. The summed E-state index contributed by atoms with van der Waals surface area (Å²) in [6.07, 6.45) is 10.1. The zero-order valence-corrected chi connectivity index (χ0v) is 20.4. The summed E-state index contributed by atoms with van der Waals surface area (Å²) in [6, 6.07) is 1.72. The van der Waals surface area contributed by atoms with Crippen molar-refractivity contribution in [2.75, 3.05) is 31.1 Å². The summed E-state index contributed by atoms with van der Waals surface area (Å²) in [5, 5.41) is 7.43. The first-order valence-electron chi connectivity index (χ1n) is 9.66. The van der Waals surface area contributed by atoms with Crippen LogP contribution >= 0.6 is 0 Å². The van der Waals surface area contributed by atoms with E-state index in [-0.39, 0.29) is 54.9 Å². The number of carbonyl (C=O) groups is 1. The Morgan fingerprint density at radius 1 is 1.19 bits per heavy atom. The van der Waals surface area contributed by atoms with Gasteiger partial charge in [-0.05, 0) is 32.2 Å². The molecule has 0 aliphatic carbocycles. The Hall–Kier alpha value is -1.32. The van der Waals surface area contributed by atoms with Crippen molar-refractivity contribution >= 4 is 24.4 Å². The average molecular weight is 430 g/mol. The SMILES string of the molecule is CC(C)(C)O[C-]=O.O=[C-]c1cc(N2C[CH-]CC[CH-]C2)cnn1.[CH2-]CN(C[CH2-])C(C)=O.[Li+].[Li+]. The summed E-state index contributed by atoms with van der Waals surface area (Å²) < 4.78 is 4.42. The maximum atomic E-state index is 10.5. The zero-order valence-electron chi connectivity index (χ0n) is 20.4. The summed E-state index contributed by atoms with van der Waals surface area (Å²) in [5.74, 6) is 0.0370. The number of nitrogens with zero attached hydrogens (tertiary/aromatic N) is 4. The summed E-state index contributed by atoms with van der Waals surface area (Å²) in [6.45, 7) is 18.1. The standard InChI is InChI=1S/C11H12N3O.C6H11NO.C5H9O2.2Li/c15-9-10-7-11(8-12-13-10)14-5-3-1-2-4-6-14;1-4-7(5-2)6(3)8;1-5(2,3)7-4-6;;/h3-4,7-8H,1-2,5-6H2;1-2,4-5H2,3H3;1-3H3;;/q-3;-2;-1;2*+1. The van der Waals surface area contributed by atoms with Crippen LogP contribution in [0.5, 0.6) is 0 Å². The molecule has 0 saturated carbocycles. The third-order valence-electron chi connectivity index (χ3n) is 3.72. The molecule has 2 rings (SSSR count). The van der Waals surface area contributed by atoms with Crippen molar-refractivity contribution in [3.63, 3.8) is 0 Å². The molecular weight excluding hydrogens is 398 g/mol. The van der Waals surface area contributed by atoms with Crippen LogP contribution in [0.15, 0.2) is 12.3 Å². The van der Waals surface area contributed by atoms with Gasteiger partial charge in [0.15, 0.2) is 0 Å². The van der Waals surface area contributed by atoms with E-state index in [9.17, 15) is 14.4 Å². The fraction of sp³-hybridized carbons (Fsp3) is 0.500. The van der Waals surface area contributed by atoms with Gasteiger partial charge in [0.25, 0.3) is 0 Å². The Morgan fingerprint density at radius 3 is 2.03 bits per heavy atom. The number of rotatable bonds is 5. The van der Waals surface area contributed by atoms with E-state index >= 15 is 0 Å². The quantitative estimate of drug-likeness (QED) is 0.351. The number of hydrogen-bond donors (Lipinski definition) is 0. The van der Waals surface area contributed by atoms with Gasteiger partial charge in [-0.15, -0.1) is 26.2 Å². The monoisotopic (exact) mass is 430 g/mol. The van der Waals surface area contributed by atoms with E-state index in [1.165, 1.54) is 13.4 Å². The van der Waals surface area contributed by atoms with E-state index in [2.05, 4.69) is 46.5 Å². The first-order valence-corrected chi connectivity index (χ1v) is 9.66. The first-order chi connectivity index (χ1) is 14.2. The smallest absolute Gasteiger partial charge is 0.649 e. The molecule has 1 aliphatic heterocycles. The maximum Gasteiger partial charge on any atom is 1.00 e. The van der Waals surface area contributed by atoms with Gasteiger partial charge in [0.2, 0.25) is 5.91 Å². The molecule has 0 spiro atoms. The van der Waals surface area contributed by atoms with Crippen LogP contribution in [-0.4, -0.2) is 65.5 Å². The van der Waals surface area contributed by atoms with Gasteiger partial charge in [-0.2, -0.15) is 16.3 Å². The van der Waals surface area contributed by atoms with Crippen LogP contribution in [0.1, 0.15) is 46.2 Å². The van der Waals surface area contributed by atoms with Crippen LogP contribution in [0.4, 0.5) is 5.69 Å². The van der Waals surface area contributed by atoms with Crippen molar-refractivity contribution in [1.82, 2.24) is 15.1 Å². The predicted molar refractivity (Wildman–Crippen MR) is 116 cm³/mol. The maximum absolute atomic E-state index is 10.5. The van der Waals surface area contributed by atoms with Crippen molar-refractivity contribution < 1.29 is 56.8 Å². The van der Waals surface area contributed by atoms with Crippen molar-refractivity contribution in [3.8, 4) is 0 Å². The second-order valence-corrected chi connectivity index (χ2v) is 7.26. The van der Waals surface area contributed by atoms with Crippen LogP contribution in [-0.2, 0) is 19.1 Å². The molecule has 0 N–H and O–H groups in total. The number of hydrogen-bond acceptors (Lipinski definition) is 7. The van der Waals surface area contributed by atoms with Gasteiger partial charge in [-0.3, -0.25) is 4.79 Å². The normalized spacial score (nSPS) is 12.6. The Morgan fingerprint density at radius 2 is 1.72 bits per heavy atom. The molecule has 8 nitrogen and oxygen atoms in total.